The highest BCUT2D eigenvalue weighted by atomic mass is 16.5. The first kappa shape index (κ1) is 22.8. The van der Waals surface area contributed by atoms with Gasteiger partial charge in [0.25, 0.3) is 0 Å². The van der Waals surface area contributed by atoms with Crippen LogP contribution in [0.15, 0.2) is 72.8 Å². The van der Waals surface area contributed by atoms with Gasteiger partial charge in [-0.25, -0.2) is 0 Å². The molecule has 0 amide bonds. The summed E-state index contributed by atoms with van der Waals surface area (Å²) in [5, 5.41) is 10.2. The van der Waals surface area contributed by atoms with E-state index in [1.54, 1.807) is 6.07 Å². The molecule has 0 radical (unpaired) electrons. The van der Waals surface area contributed by atoms with Crippen molar-refractivity contribution >= 4 is 0 Å². The van der Waals surface area contributed by atoms with Gasteiger partial charge in [-0.1, -0.05) is 42.5 Å². The molecule has 2 aliphatic rings. The molecular weight excluding hydrogens is 422 g/mol. The van der Waals surface area contributed by atoms with E-state index in [2.05, 4.69) is 53.4 Å². The third-order valence-corrected chi connectivity index (χ3v) is 7.20. The fourth-order valence-electron chi connectivity index (χ4n) is 5.39. The van der Waals surface area contributed by atoms with Crippen LogP contribution in [0.25, 0.3) is 0 Å². The lowest BCUT2D eigenvalue weighted by Gasteiger charge is -2.34. The molecule has 0 saturated carbocycles. The number of phenols is 1. The van der Waals surface area contributed by atoms with E-state index in [1.807, 2.05) is 18.2 Å². The van der Waals surface area contributed by atoms with Gasteiger partial charge in [0.2, 0.25) is 0 Å². The Morgan fingerprint density at radius 1 is 0.853 bits per heavy atom. The van der Waals surface area contributed by atoms with Crippen LogP contribution in [0.4, 0.5) is 0 Å². The van der Waals surface area contributed by atoms with Gasteiger partial charge >= 0.3 is 0 Å². The van der Waals surface area contributed by atoms with Gasteiger partial charge < -0.3 is 19.5 Å². The average molecular weight is 458 g/mol. The Morgan fingerprint density at radius 2 is 1.65 bits per heavy atom. The number of benzene rings is 3. The topological polar surface area (TPSA) is 41.9 Å². The minimum Gasteiger partial charge on any atom is -0.508 e. The standard InChI is InChI=1S/C30H35NO3/c32-25-13-16-29-27(21-25)30(28(22-34-29)23-9-3-1-4-10-23)24-11-14-26(15-12-24)33-20-8-2-5-17-31-18-6-7-19-31/h1,3-4,9-16,21,28,30,32H,2,5-8,17-20,22H2/t28-,30-/m0/s1. The lowest BCUT2D eigenvalue weighted by molar-refractivity contribution is 0.248. The van der Waals surface area contributed by atoms with E-state index in [1.165, 1.54) is 56.4 Å². The maximum atomic E-state index is 10.2. The van der Waals surface area contributed by atoms with Gasteiger partial charge in [0.15, 0.2) is 0 Å². The van der Waals surface area contributed by atoms with Crippen LogP contribution in [0.5, 0.6) is 17.2 Å². The van der Waals surface area contributed by atoms with Crippen LogP contribution < -0.4 is 9.47 Å². The minimum atomic E-state index is 0.109. The molecule has 3 aromatic carbocycles. The van der Waals surface area contributed by atoms with Crippen LogP contribution in [0.2, 0.25) is 0 Å². The number of unbranched alkanes of at least 4 members (excludes halogenated alkanes) is 2. The Bertz CT molecular complexity index is 1040. The molecule has 1 saturated heterocycles. The fourth-order valence-corrected chi connectivity index (χ4v) is 5.39. The average Bonchev–Trinajstić information content (AvgIpc) is 3.40. The highest BCUT2D eigenvalue weighted by Crippen LogP contribution is 2.47. The number of ether oxygens (including phenoxy) is 2. The Labute approximate surface area is 203 Å². The predicted octanol–water partition coefficient (Wildman–Crippen LogP) is 6.35. The molecule has 2 atom stereocenters. The Kier molecular flexibility index (Phi) is 7.35. The molecule has 1 N–H and O–H groups in total. The van der Waals surface area contributed by atoms with Crippen molar-refractivity contribution in [1.29, 1.82) is 0 Å². The number of fused-ring (bicyclic) bond motifs is 1. The van der Waals surface area contributed by atoms with Crippen LogP contribution in [-0.4, -0.2) is 42.9 Å². The first-order valence-electron chi connectivity index (χ1n) is 12.7. The Hall–Kier alpha value is -2.98. The van der Waals surface area contributed by atoms with Crippen LogP contribution in [0.3, 0.4) is 0 Å². The summed E-state index contributed by atoms with van der Waals surface area (Å²) in [5.74, 6) is 2.33. The van der Waals surface area contributed by atoms with Gasteiger partial charge in [0, 0.05) is 17.4 Å². The normalized spacial score (nSPS) is 20.0. The number of hydrogen-bond donors (Lipinski definition) is 1. The fraction of sp³-hybridized carbons (Fsp3) is 0.400. The van der Waals surface area contributed by atoms with Crippen molar-refractivity contribution in [2.24, 2.45) is 0 Å². The van der Waals surface area contributed by atoms with Crippen molar-refractivity contribution < 1.29 is 14.6 Å². The van der Waals surface area contributed by atoms with Gasteiger partial charge in [-0.15, -0.1) is 0 Å². The zero-order valence-electron chi connectivity index (χ0n) is 19.9. The number of aromatic hydroxyl groups is 1. The maximum Gasteiger partial charge on any atom is 0.123 e. The molecule has 2 heterocycles. The quantitative estimate of drug-likeness (QED) is 0.381. The number of likely N-dealkylation sites (tertiary alicyclic amines) is 1. The van der Waals surface area contributed by atoms with E-state index in [0.29, 0.717) is 6.61 Å². The van der Waals surface area contributed by atoms with Crippen molar-refractivity contribution in [2.75, 3.05) is 32.8 Å². The number of nitrogens with zero attached hydrogens (tertiary/aromatic N) is 1. The van der Waals surface area contributed by atoms with E-state index in [4.69, 9.17) is 9.47 Å². The van der Waals surface area contributed by atoms with E-state index >= 15 is 0 Å². The summed E-state index contributed by atoms with van der Waals surface area (Å²) in [7, 11) is 0. The van der Waals surface area contributed by atoms with E-state index < -0.39 is 0 Å². The van der Waals surface area contributed by atoms with Crippen molar-refractivity contribution in [3.8, 4) is 17.2 Å². The summed E-state index contributed by atoms with van der Waals surface area (Å²) in [6.07, 6.45) is 6.31. The van der Waals surface area contributed by atoms with Crippen LogP contribution in [-0.2, 0) is 0 Å². The predicted molar refractivity (Wildman–Crippen MR) is 136 cm³/mol. The van der Waals surface area contributed by atoms with Crippen molar-refractivity contribution in [3.05, 3.63) is 89.5 Å². The highest BCUT2D eigenvalue weighted by Gasteiger charge is 2.33. The first-order chi connectivity index (χ1) is 16.8. The SMILES string of the molecule is Oc1ccc2c(c1)[C@H](c1ccc(OCCCCCN3CCCC3)cc1)[C@H](c1ccccc1)CO2. The third-order valence-electron chi connectivity index (χ3n) is 7.20. The van der Waals surface area contributed by atoms with Crippen molar-refractivity contribution in [1.82, 2.24) is 4.90 Å². The molecule has 178 valence electrons. The Balaban J connectivity index is 1.24. The lowest BCUT2D eigenvalue weighted by atomic mass is 9.76. The molecule has 4 heteroatoms. The molecule has 4 nitrogen and oxygen atoms in total. The van der Waals surface area contributed by atoms with Gasteiger partial charge in [0.1, 0.15) is 17.2 Å². The van der Waals surface area contributed by atoms with E-state index in [0.717, 1.165) is 30.1 Å². The van der Waals surface area contributed by atoms with Gasteiger partial charge in [-0.05, 0) is 93.2 Å². The summed E-state index contributed by atoms with van der Waals surface area (Å²) in [5.41, 5.74) is 3.49. The zero-order chi connectivity index (χ0) is 23.2. The van der Waals surface area contributed by atoms with E-state index in [9.17, 15) is 5.11 Å². The lowest BCUT2D eigenvalue weighted by Crippen LogP contribution is -2.25. The second-order valence-corrected chi connectivity index (χ2v) is 9.55. The monoisotopic (exact) mass is 457 g/mol. The summed E-state index contributed by atoms with van der Waals surface area (Å²) in [4.78, 5) is 2.58. The molecule has 5 rings (SSSR count). The van der Waals surface area contributed by atoms with E-state index in [-0.39, 0.29) is 17.6 Å². The largest absolute Gasteiger partial charge is 0.508 e. The smallest absolute Gasteiger partial charge is 0.123 e. The number of rotatable bonds is 9. The van der Waals surface area contributed by atoms with Gasteiger partial charge in [-0.3, -0.25) is 0 Å². The van der Waals surface area contributed by atoms with Crippen LogP contribution >= 0.6 is 0 Å². The van der Waals surface area contributed by atoms with Gasteiger partial charge in [-0.2, -0.15) is 0 Å². The van der Waals surface area contributed by atoms with Crippen LogP contribution in [0.1, 0.15) is 60.6 Å². The molecule has 3 aromatic rings. The van der Waals surface area contributed by atoms with Crippen molar-refractivity contribution in [3.63, 3.8) is 0 Å². The minimum absolute atomic E-state index is 0.109. The summed E-state index contributed by atoms with van der Waals surface area (Å²) in [6, 6.07) is 24.4. The first-order valence-corrected chi connectivity index (χ1v) is 12.7. The second-order valence-electron chi connectivity index (χ2n) is 9.55. The highest BCUT2D eigenvalue weighted by molar-refractivity contribution is 5.51. The molecule has 34 heavy (non-hydrogen) atoms. The third kappa shape index (κ3) is 5.39. The zero-order valence-corrected chi connectivity index (χ0v) is 19.9. The molecule has 0 bridgehead atoms. The molecule has 0 aliphatic carbocycles. The number of hydrogen-bond acceptors (Lipinski definition) is 4. The second kappa shape index (κ2) is 11.0. The van der Waals surface area contributed by atoms with Crippen molar-refractivity contribution in [2.45, 2.75) is 43.9 Å². The molecular formula is C30H35NO3. The summed E-state index contributed by atoms with van der Waals surface area (Å²) < 4.78 is 12.1. The molecule has 1 fully saturated rings. The molecule has 2 aliphatic heterocycles. The Morgan fingerprint density at radius 3 is 2.44 bits per heavy atom. The van der Waals surface area contributed by atoms with Gasteiger partial charge in [0.05, 0.1) is 13.2 Å². The summed E-state index contributed by atoms with van der Waals surface area (Å²) >= 11 is 0. The maximum absolute atomic E-state index is 10.2. The number of phenolic OH excluding ortho intramolecular Hbond substituents is 1. The molecule has 0 aromatic heterocycles. The van der Waals surface area contributed by atoms with Crippen LogP contribution in [0, 0.1) is 0 Å². The molecule has 0 unspecified atom stereocenters. The molecule has 0 spiro atoms. The summed E-state index contributed by atoms with van der Waals surface area (Å²) in [6.45, 7) is 5.18.